The average molecular weight is 392 g/mol. The summed E-state index contributed by atoms with van der Waals surface area (Å²) in [5, 5.41) is 7.04. The third-order valence-electron chi connectivity index (χ3n) is 4.98. The maximum absolute atomic E-state index is 12.5. The first-order chi connectivity index (χ1) is 14.1. The van der Waals surface area contributed by atoms with Crippen LogP contribution in [0.4, 0.5) is 10.5 Å². The van der Waals surface area contributed by atoms with Gasteiger partial charge in [-0.3, -0.25) is 0 Å². The number of hydrogen-bond acceptors (Lipinski definition) is 5. The van der Waals surface area contributed by atoms with Crippen LogP contribution in [0.5, 0.6) is 5.75 Å². The Morgan fingerprint density at radius 1 is 1.21 bits per heavy atom. The van der Waals surface area contributed by atoms with Crippen LogP contribution < -0.4 is 10.1 Å². The summed E-state index contributed by atoms with van der Waals surface area (Å²) in [6.45, 7) is 5.47. The van der Waals surface area contributed by atoms with E-state index in [0.29, 0.717) is 24.8 Å². The van der Waals surface area contributed by atoms with Crippen LogP contribution in [-0.4, -0.2) is 34.2 Å². The van der Waals surface area contributed by atoms with Crippen molar-refractivity contribution in [3.63, 3.8) is 0 Å². The number of aryl methyl sites for hydroxylation is 2. The Bertz CT molecular complexity index is 984. The van der Waals surface area contributed by atoms with Gasteiger partial charge in [-0.1, -0.05) is 35.0 Å². The molecule has 1 aliphatic heterocycles. The molecule has 1 aliphatic rings. The zero-order chi connectivity index (χ0) is 20.2. The molecule has 29 heavy (non-hydrogen) atoms. The van der Waals surface area contributed by atoms with Gasteiger partial charge in [0.15, 0.2) is 12.4 Å². The Morgan fingerprint density at radius 2 is 2.03 bits per heavy atom. The van der Waals surface area contributed by atoms with E-state index in [1.165, 1.54) is 5.56 Å². The monoisotopic (exact) mass is 392 g/mol. The molecule has 4 rings (SSSR count). The van der Waals surface area contributed by atoms with Gasteiger partial charge in [0, 0.05) is 24.7 Å². The molecule has 1 saturated heterocycles. The molecule has 2 amide bonds. The number of benzene rings is 2. The third kappa shape index (κ3) is 4.74. The van der Waals surface area contributed by atoms with Crippen LogP contribution in [0, 0.1) is 13.8 Å². The smallest absolute Gasteiger partial charge is 0.321 e. The molecule has 0 spiro atoms. The molecular formula is C22H24N4O3. The summed E-state index contributed by atoms with van der Waals surface area (Å²) in [6, 6.07) is 15.5. The average Bonchev–Trinajstić information content (AvgIpc) is 3.37. The second kappa shape index (κ2) is 8.34. The number of hydrogen-bond donors (Lipinski definition) is 1. The molecule has 1 aromatic heterocycles. The Kier molecular flexibility index (Phi) is 5.46. The van der Waals surface area contributed by atoms with Crippen LogP contribution in [-0.2, 0) is 6.61 Å². The number of carbonyl (C=O) groups excluding carboxylic acids is 1. The molecular weight excluding hydrogens is 368 g/mol. The summed E-state index contributed by atoms with van der Waals surface area (Å²) >= 11 is 0. The van der Waals surface area contributed by atoms with Crippen molar-refractivity contribution in [2.24, 2.45) is 0 Å². The van der Waals surface area contributed by atoms with Crippen LogP contribution >= 0.6 is 0 Å². The number of anilines is 1. The van der Waals surface area contributed by atoms with E-state index >= 15 is 0 Å². The molecule has 7 nitrogen and oxygen atoms in total. The van der Waals surface area contributed by atoms with Gasteiger partial charge in [0.2, 0.25) is 0 Å². The highest BCUT2D eigenvalue weighted by atomic mass is 16.5. The number of aromatic nitrogens is 2. The number of urea groups is 1. The number of nitrogens with one attached hydrogen (secondary N) is 1. The van der Waals surface area contributed by atoms with Crippen LogP contribution in [0.15, 0.2) is 53.1 Å². The fourth-order valence-electron chi connectivity index (χ4n) is 3.35. The predicted octanol–water partition coefficient (Wildman–Crippen LogP) is 4.29. The van der Waals surface area contributed by atoms with E-state index in [-0.39, 0.29) is 18.6 Å². The quantitative estimate of drug-likeness (QED) is 0.701. The minimum atomic E-state index is -0.107. The molecule has 1 fully saturated rings. The highest BCUT2D eigenvalue weighted by Crippen LogP contribution is 2.26. The third-order valence-corrected chi connectivity index (χ3v) is 4.98. The lowest BCUT2D eigenvalue weighted by Crippen LogP contribution is -2.32. The zero-order valence-corrected chi connectivity index (χ0v) is 16.6. The largest absolute Gasteiger partial charge is 0.484 e. The van der Waals surface area contributed by atoms with Gasteiger partial charge < -0.3 is 19.5 Å². The van der Waals surface area contributed by atoms with E-state index in [4.69, 9.17) is 9.26 Å². The van der Waals surface area contributed by atoms with Gasteiger partial charge in [0.25, 0.3) is 5.89 Å². The van der Waals surface area contributed by atoms with E-state index < -0.39 is 0 Å². The van der Waals surface area contributed by atoms with E-state index in [1.807, 2.05) is 62.4 Å². The summed E-state index contributed by atoms with van der Waals surface area (Å²) < 4.78 is 11.0. The summed E-state index contributed by atoms with van der Waals surface area (Å²) in [5.74, 6) is 1.88. The van der Waals surface area contributed by atoms with Gasteiger partial charge >= 0.3 is 6.03 Å². The number of likely N-dealkylation sites (tertiary alicyclic amines) is 1. The molecule has 2 heterocycles. The highest BCUT2D eigenvalue weighted by molar-refractivity contribution is 5.89. The summed E-state index contributed by atoms with van der Waals surface area (Å²) in [5.41, 5.74) is 3.08. The SMILES string of the molecule is Cc1ccc(OCc2nc(C3CCN(C(=O)Nc4cccc(C)c4)C3)no2)cc1. The van der Waals surface area contributed by atoms with Gasteiger partial charge in [0.05, 0.1) is 0 Å². The maximum Gasteiger partial charge on any atom is 0.321 e. The number of carbonyl (C=O) groups is 1. The van der Waals surface area contributed by atoms with Crippen LogP contribution in [0.1, 0.15) is 35.2 Å². The second-order valence-electron chi connectivity index (χ2n) is 7.38. The molecule has 0 radical (unpaired) electrons. The van der Waals surface area contributed by atoms with E-state index in [0.717, 1.165) is 23.4 Å². The minimum Gasteiger partial charge on any atom is -0.484 e. The lowest BCUT2D eigenvalue weighted by atomic mass is 10.1. The number of nitrogens with zero attached hydrogens (tertiary/aromatic N) is 3. The number of rotatable bonds is 5. The Balaban J connectivity index is 1.31. The zero-order valence-electron chi connectivity index (χ0n) is 16.6. The van der Waals surface area contributed by atoms with Crippen molar-refractivity contribution in [1.82, 2.24) is 15.0 Å². The van der Waals surface area contributed by atoms with Crippen molar-refractivity contribution in [2.75, 3.05) is 18.4 Å². The number of amides is 2. The van der Waals surface area contributed by atoms with Gasteiger partial charge in [-0.15, -0.1) is 0 Å². The summed E-state index contributed by atoms with van der Waals surface area (Å²) in [6.07, 6.45) is 0.805. The molecule has 3 aromatic rings. The molecule has 0 aliphatic carbocycles. The van der Waals surface area contributed by atoms with Crippen molar-refractivity contribution in [2.45, 2.75) is 32.8 Å². The summed E-state index contributed by atoms with van der Waals surface area (Å²) in [4.78, 5) is 18.8. The predicted molar refractivity (Wildman–Crippen MR) is 109 cm³/mol. The normalized spacial score (nSPS) is 16.1. The van der Waals surface area contributed by atoms with Gasteiger partial charge in [-0.25, -0.2) is 4.79 Å². The Morgan fingerprint density at radius 3 is 2.83 bits per heavy atom. The molecule has 0 saturated carbocycles. The van der Waals surface area contributed by atoms with Crippen LogP contribution in [0.3, 0.4) is 0 Å². The topological polar surface area (TPSA) is 80.5 Å². The van der Waals surface area contributed by atoms with Crippen molar-refractivity contribution in [1.29, 1.82) is 0 Å². The molecule has 150 valence electrons. The highest BCUT2D eigenvalue weighted by Gasteiger charge is 2.30. The van der Waals surface area contributed by atoms with E-state index in [1.54, 1.807) is 4.90 Å². The molecule has 1 unspecified atom stereocenters. The van der Waals surface area contributed by atoms with Crippen molar-refractivity contribution in [3.05, 3.63) is 71.4 Å². The lowest BCUT2D eigenvalue weighted by molar-refractivity contribution is 0.222. The summed E-state index contributed by atoms with van der Waals surface area (Å²) in [7, 11) is 0. The Hall–Kier alpha value is -3.35. The minimum absolute atomic E-state index is 0.0649. The van der Waals surface area contributed by atoms with Crippen LogP contribution in [0.25, 0.3) is 0 Å². The first-order valence-corrected chi connectivity index (χ1v) is 9.71. The molecule has 7 heteroatoms. The Labute approximate surface area is 169 Å². The van der Waals surface area contributed by atoms with Crippen LogP contribution in [0.2, 0.25) is 0 Å². The van der Waals surface area contributed by atoms with Crippen molar-refractivity contribution >= 4 is 11.7 Å². The second-order valence-corrected chi connectivity index (χ2v) is 7.38. The number of ether oxygens (including phenoxy) is 1. The molecule has 1 atom stereocenters. The standard InChI is InChI=1S/C22H24N4O3/c1-15-6-8-19(9-7-15)28-14-20-24-21(25-29-20)17-10-11-26(13-17)22(27)23-18-5-3-4-16(2)12-18/h3-9,12,17H,10-11,13-14H2,1-2H3,(H,23,27). The fraction of sp³-hybridized carbons (Fsp3) is 0.318. The first kappa shape index (κ1) is 19.0. The fourth-order valence-corrected chi connectivity index (χ4v) is 3.35. The van der Waals surface area contributed by atoms with E-state index in [9.17, 15) is 4.79 Å². The van der Waals surface area contributed by atoms with Crippen molar-refractivity contribution in [3.8, 4) is 5.75 Å². The van der Waals surface area contributed by atoms with Gasteiger partial charge in [-0.05, 0) is 50.1 Å². The lowest BCUT2D eigenvalue weighted by Gasteiger charge is -2.17. The van der Waals surface area contributed by atoms with E-state index in [2.05, 4.69) is 15.5 Å². The molecule has 1 N–H and O–H groups in total. The molecule has 2 aromatic carbocycles. The van der Waals surface area contributed by atoms with Gasteiger partial charge in [-0.2, -0.15) is 4.98 Å². The first-order valence-electron chi connectivity index (χ1n) is 9.71. The van der Waals surface area contributed by atoms with Crippen molar-refractivity contribution < 1.29 is 14.1 Å². The molecule has 0 bridgehead atoms. The maximum atomic E-state index is 12.5. The van der Waals surface area contributed by atoms with Gasteiger partial charge in [0.1, 0.15) is 5.75 Å².